The van der Waals surface area contributed by atoms with Crippen molar-refractivity contribution in [3.63, 3.8) is 0 Å². The van der Waals surface area contributed by atoms with E-state index < -0.39 is 18.2 Å². The van der Waals surface area contributed by atoms with Crippen molar-refractivity contribution in [2.75, 3.05) is 0 Å². The Kier molecular flexibility index (Phi) is 5.34. The molecule has 3 N–H and O–H groups in total. The first-order valence-corrected chi connectivity index (χ1v) is 4.17. The van der Waals surface area contributed by atoms with Gasteiger partial charge in [-0.05, 0) is 26.7 Å². The van der Waals surface area contributed by atoms with Gasteiger partial charge < -0.3 is 15.3 Å². The van der Waals surface area contributed by atoms with Crippen molar-refractivity contribution < 1.29 is 20.1 Å². The molecule has 0 aliphatic rings. The van der Waals surface area contributed by atoms with Gasteiger partial charge >= 0.3 is 5.97 Å². The molecule has 76 valence electrons. The Morgan fingerprint density at radius 1 is 1.38 bits per heavy atom. The fourth-order valence-electron chi connectivity index (χ4n) is 0.865. The molecular formula is C9H16O4. The summed E-state index contributed by atoms with van der Waals surface area (Å²) in [6, 6.07) is 0. The fourth-order valence-corrected chi connectivity index (χ4v) is 0.865. The quantitative estimate of drug-likeness (QED) is 0.550. The Morgan fingerprint density at radius 3 is 2.31 bits per heavy atom. The molecule has 0 bridgehead atoms. The molecule has 0 aliphatic heterocycles. The van der Waals surface area contributed by atoms with Crippen LogP contribution in [0.1, 0.15) is 26.7 Å². The maximum Gasteiger partial charge on any atom is 0.335 e. The SMILES string of the molecule is CC(C)=CCCC(O)C(O)C(=O)O. The number of carbonyl (C=O) groups is 1. The number of rotatable bonds is 5. The molecule has 0 heterocycles. The Balaban J connectivity index is 3.81. The topological polar surface area (TPSA) is 77.8 Å². The molecule has 0 radical (unpaired) electrons. The molecule has 2 unspecified atom stereocenters. The van der Waals surface area contributed by atoms with Gasteiger partial charge in [0.2, 0.25) is 0 Å². The van der Waals surface area contributed by atoms with E-state index in [1.807, 2.05) is 19.9 Å². The van der Waals surface area contributed by atoms with Crippen molar-refractivity contribution >= 4 is 5.97 Å². The summed E-state index contributed by atoms with van der Waals surface area (Å²) in [5.41, 5.74) is 1.11. The van der Waals surface area contributed by atoms with Crippen LogP contribution in [0.3, 0.4) is 0 Å². The Bertz CT molecular complexity index is 194. The third-order valence-corrected chi connectivity index (χ3v) is 1.63. The van der Waals surface area contributed by atoms with E-state index in [9.17, 15) is 4.79 Å². The molecule has 0 saturated carbocycles. The molecule has 0 rings (SSSR count). The summed E-state index contributed by atoms with van der Waals surface area (Å²) in [5.74, 6) is -1.38. The van der Waals surface area contributed by atoms with Gasteiger partial charge in [-0.25, -0.2) is 4.79 Å². The third kappa shape index (κ3) is 5.38. The molecule has 0 aromatic carbocycles. The minimum absolute atomic E-state index is 0.263. The minimum atomic E-state index is -1.68. The second kappa shape index (κ2) is 5.72. The van der Waals surface area contributed by atoms with Crippen molar-refractivity contribution in [3.05, 3.63) is 11.6 Å². The van der Waals surface area contributed by atoms with Gasteiger partial charge in [0.05, 0.1) is 6.10 Å². The Hall–Kier alpha value is -0.870. The fraction of sp³-hybridized carbons (Fsp3) is 0.667. The van der Waals surface area contributed by atoms with Gasteiger partial charge in [-0.3, -0.25) is 0 Å². The highest BCUT2D eigenvalue weighted by molar-refractivity contribution is 5.72. The Labute approximate surface area is 77.5 Å². The molecule has 4 heteroatoms. The number of allylic oxidation sites excluding steroid dienone is 2. The van der Waals surface area contributed by atoms with E-state index in [-0.39, 0.29) is 6.42 Å². The minimum Gasteiger partial charge on any atom is -0.479 e. The lowest BCUT2D eigenvalue weighted by Gasteiger charge is -2.12. The molecule has 0 aromatic rings. The zero-order chi connectivity index (χ0) is 10.4. The number of aliphatic hydroxyl groups is 2. The molecular weight excluding hydrogens is 172 g/mol. The maximum absolute atomic E-state index is 10.2. The average molecular weight is 188 g/mol. The van der Waals surface area contributed by atoms with Crippen LogP contribution < -0.4 is 0 Å². The lowest BCUT2D eigenvalue weighted by molar-refractivity contribution is -0.152. The van der Waals surface area contributed by atoms with Crippen LogP contribution in [0.4, 0.5) is 0 Å². The van der Waals surface area contributed by atoms with Gasteiger partial charge in [-0.2, -0.15) is 0 Å². The second-order valence-electron chi connectivity index (χ2n) is 3.21. The average Bonchev–Trinajstić information content (AvgIpc) is 2.02. The van der Waals surface area contributed by atoms with Crippen molar-refractivity contribution in [2.24, 2.45) is 0 Å². The third-order valence-electron chi connectivity index (χ3n) is 1.63. The van der Waals surface area contributed by atoms with Gasteiger partial charge in [-0.1, -0.05) is 11.6 Å². The van der Waals surface area contributed by atoms with Crippen LogP contribution in [0, 0.1) is 0 Å². The summed E-state index contributed by atoms with van der Waals surface area (Å²) >= 11 is 0. The standard InChI is InChI=1S/C9H16O4/c1-6(2)4-3-5-7(10)8(11)9(12)13/h4,7-8,10-11H,3,5H2,1-2H3,(H,12,13). The van der Waals surface area contributed by atoms with Crippen LogP contribution in [-0.4, -0.2) is 33.5 Å². The smallest absolute Gasteiger partial charge is 0.335 e. The number of hydrogen-bond acceptors (Lipinski definition) is 3. The van der Waals surface area contributed by atoms with E-state index in [1.165, 1.54) is 0 Å². The molecule has 13 heavy (non-hydrogen) atoms. The summed E-state index contributed by atoms with van der Waals surface area (Å²) in [7, 11) is 0. The highest BCUT2D eigenvalue weighted by atomic mass is 16.4. The number of aliphatic hydroxyl groups excluding tert-OH is 2. The molecule has 2 atom stereocenters. The van der Waals surface area contributed by atoms with Crippen molar-refractivity contribution in [3.8, 4) is 0 Å². The van der Waals surface area contributed by atoms with Crippen molar-refractivity contribution in [1.29, 1.82) is 0 Å². The van der Waals surface area contributed by atoms with Crippen molar-refractivity contribution in [2.45, 2.75) is 38.9 Å². The first-order valence-electron chi connectivity index (χ1n) is 4.17. The van der Waals surface area contributed by atoms with Crippen LogP contribution in [0.5, 0.6) is 0 Å². The first-order chi connectivity index (χ1) is 5.95. The molecule has 4 nitrogen and oxygen atoms in total. The van der Waals surface area contributed by atoms with E-state index in [4.69, 9.17) is 15.3 Å². The number of carboxylic acid groups (broad SMARTS) is 1. The van der Waals surface area contributed by atoms with E-state index in [1.54, 1.807) is 0 Å². The summed E-state index contributed by atoms with van der Waals surface area (Å²) in [5, 5.41) is 26.4. The summed E-state index contributed by atoms with van der Waals surface area (Å²) in [6.45, 7) is 3.83. The lowest BCUT2D eigenvalue weighted by Crippen LogP contribution is -2.33. The second-order valence-corrected chi connectivity index (χ2v) is 3.21. The van der Waals surface area contributed by atoms with E-state index in [2.05, 4.69) is 0 Å². The molecule has 0 aliphatic carbocycles. The lowest BCUT2D eigenvalue weighted by atomic mass is 10.1. The predicted molar refractivity (Wildman–Crippen MR) is 48.3 cm³/mol. The summed E-state index contributed by atoms with van der Waals surface area (Å²) < 4.78 is 0. The maximum atomic E-state index is 10.2. The van der Waals surface area contributed by atoms with Crippen LogP contribution in [0.2, 0.25) is 0 Å². The first kappa shape index (κ1) is 12.1. The van der Waals surface area contributed by atoms with Gasteiger partial charge in [0, 0.05) is 0 Å². The van der Waals surface area contributed by atoms with Gasteiger partial charge in [-0.15, -0.1) is 0 Å². The van der Waals surface area contributed by atoms with Crippen LogP contribution in [-0.2, 0) is 4.79 Å². The van der Waals surface area contributed by atoms with Gasteiger partial charge in [0.1, 0.15) is 0 Å². The predicted octanol–water partition coefficient (Wildman–Crippen LogP) is 0.539. The summed E-state index contributed by atoms with van der Waals surface area (Å²) in [6.07, 6.45) is -0.136. The van der Waals surface area contributed by atoms with E-state index >= 15 is 0 Å². The molecule has 0 amide bonds. The van der Waals surface area contributed by atoms with Crippen molar-refractivity contribution in [1.82, 2.24) is 0 Å². The van der Waals surface area contributed by atoms with E-state index in [0.29, 0.717) is 6.42 Å². The van der Waals surface area contributed by atoms with Crippen LogP contribution in [0.15, 0.2) is 11.6 Å². The normalized spacial score (nSPS) is 14.8. The monoisotopic (exact) mass is 188 g/mol. The molecule has 0 saturated heterocycles. The van der Waals surface area contributed by atoms with Crippen LogP contribution >= 0.6 is 0 Å². The highest BCUT2D eigenvalue weighted by Gasteiger charge is 2.22. The largest absolute Gasteiger partial charge is 0.479 e. The summed E-state index contributed by atoms with van der Waals surface area (Å²) in [4.78, 5) is 10.2. The number of carboxylic acids is 1. The van der Waals surface area contributed by atoms with Crippen LogP contribution in [0.25, 0.3) is 0 Å². The molecule has 0 fully saturated rings. The zero-order valence-electron chi connectivity index (χ0n) is 7.90. The molecule has 0 spiro atoms. The Morgan fingerprint density at radius 2 is 1.92 bits per heavy atom. The van der Waals surface area contributed by atoms with Gasteiger partial charge in [0.15, 0.2) is 6.10 Å². The molecule has 0 aromatic heterocycles. The highest BCUT2D eigenvalue weighted by Crippen LogP contribution is 2.05. The number of aliphatic carboxylic acids is 1. The number of hydrogen-bond donors (Lipinski definition) is 3. The zero-order valence-corrected chi connectivity index (χ0v) is 7.90. The van der Waals surface area contributed by atoms with E-state index in [0.717, 1.165) is 5.57 Å². The van der Waals surface area contributed by atoms with Gasteiger partial charge in [0.25, 0.3) is 0 Å².